The van der Waals surface area contributed by atoms with E-state index < -0.39 is 0 Å². The average Bonchev–Trinajstić information content (AvgIpc) is 3.12. The van der Waals surface area contributed by atoms with Crippen molar-refractivity contribution < 1.29 is 9.59 Å². The Hall–Kier alpha value is -3.35. The Morgan fingerprint density at radius 2 is 1.67 bits per heavy atom. The fraction of sp³-hybridized carbons (Fsp3) is 0.250. The fourth-order valence-electron chi connectivity index (χ4n) is 3.31. The number of nitrogens with zero attached hydrogens (tertiary/aromatic N) is 3. The average molecular weight is 363 g/mol. The van der Waals surface area contributed by atoms with Gasteiger partial charge in [-0.05, 0) is 37.1 Å². The van der Waals surface area contributed by atoms with E-state index >= 15 is 0 Å². The highest BCUT2D eigenvalue weighted by molar-refractivity contribution is 5.94. The van der Waals surface area contributed by atoms with Gasteiger partial charge in [-0.2, -0.15) is 0 Å². The first kappa shape index (κ1) is 17.1. The van der Waals surface area contributed by atoms with Gasteiger partial charge in [-0.25, -0.2) is 19.9 Å². The molecule has 0 unspecified atom stereocenters. The first-order valence-corrected chi connectivity index (χ1v) is 9.04. The van der Waals surface area contributed by atoms with Crippen molar-refractivity contribution in [1.82, 2.24) is 19.9 Å². The summed E-state index contributed by atoms with van der Waals surface area (Å²) in [7, 11) is 0. The molecule has 1 saturated heterocycles. The monoisotopic (exact) mass is 363 g/mol. The van der Waals surface area contributed by atoms with Gasteiger partial charge in [0.05, 0.1) is 11.0 Å². The minimum Gasteiger partial charge on any atom is -0.349 e. The number of carbonyl (C=O) groups is 2. The summed E-state index contributed by atoms with van der Waals surface area (Å²) in [5.74, 6) is -0.0663. The molecule has 0 saturated carbocycles. The summed E-state index contributed by atoms with van der Waals surface area (Å²) >= 11 is 0. The number of fused-ring (bicyclic) bond motifs is 1. The van der Waals surface area contributed by atoms with E-state index in [4.69, 9.17) is 0 Å². The highest BCUT2D eigenvalue weighted by Crippen LogP contribution is 2.14. The predicted molar refractivity (Wildman–Crippen MR) is 103 cm³/mol. The predicted octanol–water partition coefficient (Wildman–Crippen LogP) is 2.59. The highest BCUT2D eigenvalue weighted by Gasteiger charge is 2.24. The van der Waals surface area contributed by atoms with Crippen LogP contribution in [0.3, 0.4) is 0 Å². The molecule has 0 bridgehead atoms. The van der Waals surface area contributed by atoms with Crippen molar-refractivity contribution >= 4 is 23.0 Å². The van der Waals surface area contributed by atoms with Gasteiger partial charge in [-0.1, -0.05) is 30.3 Å². The number of para-hydroxylation sites is 2. The highest BCUT2D eigenvalue weighted by atomic mass is 16.2. The van der Waals surface area contributed by atoms with Crippen LogP contribution in [0.15, 0.2) is 60.9 Å². The lowest BCUT2D eigenvalue weighted by Crippen LogP contribution is -2.48. The molecule has 2 heterocycles. The zero-order chi connectivity index (χ0) is 18.6. The number of imidazole rings is 1. The molecule has 1 aliphatic rings. The van der Waals surface area contributed by atoms with Crippen molar-refractivity contribution in [2.24, 2.45) is 0 Å². The Bertz CT molecular complexity index is 945. The van der Waals surface area contributed by atoms with E-state index in [9.17, 15) is 9.59 Å². The van der Waals surface area contributed by atoms with E-state index in [0.717, 1.165) is 23.9 Å². The lowest BCUT2D eigenvalue weighted by molar-refractivity contribution is 0.0919. The molecule has 1 aliphatic heterocycles. The molecule has 3 amide bonds. The van der Waals surface area contributed by atoms with E-state index in [-0.39, 0.29) is 18.0 Å². The van der Waals surface area contributed by atoms with E-state index in [2.05, 4.69) is 15.7 Å². The first-order valence-electron chi connectivity index (χ1n) is 9.04. The largest absolute Gasteiger partial charge is 0.349 e. The summed E-state index contributed by atoms with van der Waals surface area (Å²) < 4.78 is 1.64. The molecule has 7 heteroatoms. The lowest BCUT2D eigenvalue weighted by atomic mass is 10.0. The molecule has 1 aromatic heterocycles. The van der Waals surface area contributed by atoms with Crippen molar-refractivity contribution in [3.8, 4) is 0 Å². The number of hydrogen-bond donors (Lipinski definition) is 2. The van der Waals surface area contributed by atoms with Crippen LogP contribution < -0.4 is 10.7 Å². The number of benzene rings is 2. The molecule has 0 atom stereocenters. The van der Waals surface area contributed by atoms with Crippen molar-refractivity contribution in [1.29, 1.82) is 0 Å². The molecular weight excluding hydrogens is 342 g/mol. The second-order valence-electron chi connectivity index (χ2n) is 6.62. The Kier molecular flexibility index (Phi) is 4.74. The maximum Gasteiger partial charge on any atom is 0.336 e. The van der Waals surface area contributed by atoms with Crippen LogP contribution in [0, 0.1) is 0 Å². The SMILES string of the molecule is O=C(NC1CCN(C(=O)Nn2cnc3ccccc32)CC1)c1ccccc1. The zero-order valence-corrected chi connectivity index (χ0v) is 14.8. The number of rotatable bonds is 3. The normalized spacial score (nSPS) is 14.9. The van der Waals surface area contributed by atoms with Crippen LogP contribution in [0.4, 0.5) is 4.79 Å². The van der Waals surface area contributed by atoms with Crippen LogP contribution in [0.25, 0.3) is 11.0 Å². The number of likely N-dealkylation sites (tertiary alicyclic amines) is 1. The van der Waals surface area contributed by atoms with Crippen LogP contribution >= 0.6 is 0 Å². The first-order chi connectivity index (χ1) is 13.2. The van der Waals surface area contributed by atoms with Crippen molar-refractivity contribution in [2.75, 3.05) is 18.5 Å². The number of hydrogen-bond acceptors (Lipinski definition) is 3. The van der Waals surface area contributed by atoms with E-state index in [1.165, 1.54) is 0 Å². The number of piperidine rings is 1. The molecule has 138 valence electrons. The van der Waals surface area contributed by atoms with Crippen molar-refractivity contribution in [2.45, 2.75) is 18.9 Å². The molecule has 7 nitrogen and oxygen atoms in total. The second-order valence-corrected chi connectivity index (χ2v) is 6.62. The molecule has 4 rings (SSSR count). The van der Waals surface area contributed by atoms with Crippen molar-refractivity contribution in [3.63, 3.8) is 0 Å². The molecule has 0 radical (unpaired) electrons. The topological polar surface area (TPSA) is 79.3 Å². The maximum absolute atomic E-state index is 12.5. The van der Waals surface area contributed by atoms with Gasteiger partial charge >= 0.3 is 6.03 Å². The molecule has 1 fully saturated rings. The third-order valence-electron chi connectivity index (χ3n) is 4.82. The summed E-state index contributed by atoms with van der Waals surface area (Å²) in [6.45, 7) is 1.19. The molecule has 3 aromatic rings. The van der Waals surface area contributed by atoms with Gasteiger partial charge in [0.1, 0.15) is 6.33 Å². The Labute approximate surface area is 157 Å². The van der Waals surface area contributed by atoms with Crippen LogP contribution in [-0.4, -0.2) is 45.6 Å². The van der Waals surface area contributed by atoms with E-state index in [0.29, 0.717) is 18.7 Å². The van der Waals surface area contributed by atoms with Gasteiger partial charge in [-0.3, -0.25) is 4.79 Å². The van der Waals surface area contributed by atoms with Gasteiger partial charge in [0.2, 0.25) is 0 Å². The molecule has 2 N–H and O–H groups in total. The minimum absolute atomic E-state index is 0.0663. The third-order valence-corrected chi connectivity index (χ3v) is 4.82. The number of nitrogens with one attached hydrogen (secondary N) is 2. The van der Waals surface area contributed by atoms with Gasteiger partial charge in [-0.15, -0.1) is 0 Å². The number of urea groups is 1. The zero-order valence-electron chi connectivity index (χ0n) is 14.8. The summed E-state index contributed by atoms with van der Waals surface area (Å²) in [5, 5.41) is 3.05. The molecule has 27 heavy (non-hydrogen) atoms. The summed E-state index contributed by atoms with van der Waals surface area (Å²) in [5.41, 5.74) is 5.22. The third kappa shape index (κ3) is 3.76. The molecule has 2 aromatic carbocycles. The van der Waals surface area contributed by atoms with Gasteiger partial charge in [0, 0.05) is 24.7 Å². The minimum atomic E-state index is -0.161. The van der Waals surface area contributed by atoms with Crippen LogP contribution in [-0.2, 0) is 0 Å². The summed E-state index contributed by atoms with van der Waals surface area (Å²) in [6.07, 6.45) is 3.07. The summed E-state index contributed by atoms with van der Waals surface area (Å²) in [4.78, 5) is 30.8. The van der Waals surface area contributed by atoms with Crippen LogP contribution in [0.2, 0.25) is 0 Å². The van der Waals surface area contributed by atoms with Gasteiger partial charge < -0.3 is 10.2 Å². The van der Waals surface area contributed by atoms with Crippen molar-refractivity contribution in [3.05, 3.63) is 66.5 Å². The number of amides is 3. The fourth-order valence-corrected chi connectivity index (χ4v) is 3.31. The standard InChI is InChI=1S/C20H21N5O2/c26-19(15-6-2-1-3-7-15)22-16-10-12-24(13-11-16)20(27)23-25-14-21-17-8-4-5-9-18(17)25/h1-9,14,16H,10-13H2,(H,22,26)(H,23,27). The Balaban J connectivity index is 1.31. The van der Waals surface area contributed by atoms with Gasteiger partial charge in [0.15, 0.2) is 0 Å². The quantitative estimate of drug-likeness (QED) is 0.751. The Morgan fingerprint density at radius 3 is 2.44 bits per heavy atom. The van der Waals surface area contributed by atoms with E-state index in [1.54, 1.807) is 28.0 Å². The number of carbonyl (C=O) groups excluding carboxylic acids is 2. The second kappa shape index (κ2) is 7.49. The molecule has 0 spiro atoms. The Morgan fingerprint density at radius 1 is 0.963 bits per heavy atom. The smallest absolute Gasteiger partial charge is 0.336 e. The maximum atomic E-state index is 12.5. The van der Waals surface area contributed by atoms with Crippen LogP contribution in [0.1, 0.15) is 23.2 Å². The van der Waals surface area contributed by atoms with Crippen LogP contribution in [0.5, 0.6) is 0 Å². The lowest BCUT2D eigenvalue weighted by Gasteiger charge is -2.32. The summed E-state index contributed by atoms with van der Waals surface area (Å²) in [6, 6.07) is 16.7. The molecular formula is C20H21N5O2. The number of aromatic nitrogens is 2. The van der Waals surface area contributed by atoms with Gasteiger partial charge in [0.25, 0.3) is 5.91 Å². The van der Waals surface area contributed by atoms with E-state index in [1.807, 2.05) is 42.5 Å². The molecule has 0 aliphatic carbocycles.